The summed E-state index contributed by atoms with van der Waals surface area (Å²) in [6.45, 7) is 2.59. The van der Waals surface area contributed by atoms with E-state index in [0.29, 0.717) is 16.6 Å². The van der Waals surface area contributed by atoms with Crippen LogP contribution in [0.4, 0.5) is 5.69 Å². The number of nitrogens with zero attached hydrogens (tertiary/aromatic N) is 1. The largest absolute Gasteiger partial charge is 0.381 e. The van der Waals surface area contributed by atoms with Gasteiger partial charge in [-0.15, -0.1) is 0 Å². The lowest BCUT2D eigenvalue weighted by molar-refractivity contribution is 1.15. The number of imidazole rings is 1. The zero-order chi connectivity index (χ0) is 14.1. The molecule has 5 heteroatoms. The summed E-state index contributed by atoms with van der Waals surface area (Å²) in [6.07, 6.45) is 0. The molecule has 0 aliphatic heterocycles. The van der Waals surface area contributed by atoms with Gasteiger partial charge in [0.15, 0.2) is 0 Å². The quantitative estimate of drug-likeness (QED) is 0.730. The van der Waals surface area contributed by atoms with E-state index >= 15 is 0 Å². The summed E-state index contributed by atoms with van der Waals surface area (Å²) in [5.41, 5.74) is 4.02. The van der Waals surface area contributed by atoms with Crippen LogP contribution in [0.5, 0.6) is 0 Å². The van der Waals surface area contributed by atoms with Gasteiger partial charge < -0.3 is 10.3 Å². The minimum Gasteiger partial charge on any atom is -0.381 e. The molecule has 0 saturated heterocycles. The van der Waals surface area contributed by atoms with Crippen molar-refractivity contribution in [1.82, 2.24) is 9.97 Å². The molecule has 20 heavy (non-hydrogen) atoms. The highest BCUT2D eigenvalue weighted by molar-refractivity contribution is 6.35. The normalized spacial score (nSPS) is 10.9. The number of rotatable bonds is 3. The minimum absolute atomic E-state index is 0.646. The van der Waals surface area contributed by atoms with Crippen LogP contribution < -0.4 is 5.32 Å². The maximum Gasteiger partial charge on any atom is 0.104 e. The molecule has 0 atom stereocenters. The molecule has 0 spiro atoms. The summed E-state index contributed by atoms with van der Waals surface area (Å²) in [4.78, 5) is 7.60. The van der Waals surface area contributed by atoms with E-state index in [9.17, 15) is 0 Å². The van der Waals surface area contributed by atoms with E-state index in [1.807, 2.05) is 37.3 Å². The number of halogens is 2. The average molecular weight is 306 g/mol. The van der Waals surface area contributed by atoms with E-state index in [0.717, 1.165) is 28.1 Å². The summed E-state index contributed by atoms with van der Waals surface area (Å²) >= 11 is 12.0. The van der Waals surface area contributed by atoms with Crippen LogP contribution in [0.3, 0.4) is 0 Å². The van der Waals surface area contributed by atoms with Gasteiger partial charge in [-0.1, -0.05) is 29.3 Å². The first-order chi connectivity index (χ1) is 9.61. The lowest BCUT2D eigenvalue weighted by Gasteiger charge is -2.08. The molecule has 3 nitrogen and oxygen atoms in total. The highest BCUT2D eigenvalue weighted by atomic mass is 35.5. The van der Waals surface area contributed by atoms with E-state index in [1.165, 1.54) is 0 Å². The molecule has 0 fully saturated rings. The van der Waals surface area contributed by atoms with Gasteiger partial charge in [-0.3, -0.25) is 0 Å². The van der Waals surface area contributed by atoms with E-state index in [2.05, 4.69) is 15.3 Å². The molecule has 3 aromatic rings. The number of benzene rings is 2. The monoisotopic (exact) mass is 305 g/mol. The predicted octanol–water partition coefficient (Wildman–Crippen LogP) is 4.79. The molecule has 102 valence electrons. The smallest absolute Gasteiger partial charge is 0.104 e. The van der Waals surface area contributed by atoms with Crippen LogP contribution in [0.25, 0.3) is 11.0 Å². The molecule has 0 aliphatic rings. The third kappa shape index (κ3) is 2.74. The van der Waals surface area contributed by atoms with Crippen molar-refractivity contribution in [1.29, 1.82) is 0 Å². The Hall–Kier alpha value is -1.71. The highest BCUT2D eigenvalue weighted by Crippen LogP contribution is 2.23. The van der Waals surface area contributed by atoms with Crippen molar-refractivity contribution >= 4 is 39.9 Å². The molecule has 3 rings (SSSR count). The number of aromatic amines is 1. The Kier molecular flexibility index (Phi) is 3.55. The van der Waals surface area contributed by atoms with Gasteiger partial charge >= 0.3 is 0 Å². The van der Waals surface area contributed by atoms with Gasteiger partial charge in [0.05, 0.1) is 11.0 Å². The first-order valence-electron chi connectivity index (χ1n) is 6.26. The minimum atomic E-state index is 0.646. The maximum atomic E-state index is 6.15. The number of aromatic nitrogens is 2. The van der Waals surface area contributed by atoms with E-state index in [1.54, 1.807) is 6.07 Å². The Labute approximate surface area is 126 Å². The van der Waals surface area contributed by atoms with Gasteiger partial charge in [0.2, 0.25) is 0 Å². The summed E-state index contributed by atoms with van der Waals surface area (Å²) < 4.78 is 0. The van der Waals surface area contributed by atoms with Crippen molar-refractivity contribution in [2.24, 2.45) is 0 Å². The lowest BCUT2D eigenvalue weighted by Crippen LogP contribution is -1.99. The van der Waals surface area contributed by atoms with Crippen molar-refractivity contribution in [2.45, 2.75) is 13.5 Å². The Morgan fingerprint density at radius 3 is 2.80 bits per heavy atom. The number of H-pyrrole nitrogens is 1. The van der Waals surface area contributed by atoms with Crippen LogP contribution in [0.15, 0.2) is 36.4 Å². The second kappa shape index (κ2) is 5.35. The molecule has 1 heterocycles. The topological polar surface area (TPSA) is 40.7 Å². The van der Waals surface area contributed by atoms with Crippen molar-refractivity contribution in [3.05, 3.63) is 57.8 Å². The number of aryl methyl sites for hydroxylation is 1. The zero-order valence-corrected chi connectivity index (χ0v) is 12.4. The molecule has 0 aliphatic carbocycles. The van der Waals surface area contributed by atoms with E-state index < -0.39 is 0 Å². The van der Waals surface area contributed by atoms with Crippen LogP contribution in [-0.4, -0.2) is 9.97 Å². The van der Waals surface area contributed by atoms with Gasteiger partial charge in [-0.2, -0.15) is 0 Å². The summed E-state index contributed by atoms with van der Waals surface area (Å²) in [5, 5.41) is 4.66. The second-order valence-corrected chi connectivity index (χ2v) is 5.49. The number of nitrogens with one attached hydrogen (secondary N) is 2. The predicted molar refractivity (Wildman–Crippen MR) is 84.6 cm³/mol. The maximum absolute atomic E-state index is 6.15. The standard InChI is InChI=1S/C15H13Cl2N3/c1-9-19-14-5-4-12(7-15(14)20-9)18-8-10-2-3-11(16)6-13(10)17/h2-7,18H,8H2,1H3,(H,19,20). The third-order valence-corrected chi connectivity index (χ3v) is 3.69. The Balaban J connectivity index is 1.79. The van der Waals surface area contributed by atoms with Gasteiger partial charge in [0.1, 0.15) is 5.82 Å². The fourth-order valence-electron chi connectivity index (χ4n) is 2.11. The molecule has 0 unspecified atom stereocenters. The molecule has 0 radical (unpaired) electrons. The Morgan fingerprint density at radius 1 is 1.15 bits per heavy atom. The van der Waals surface area contributed by atoms with Gasteiger partial charge in [0, 0.05) is 22.3 Å². The average Bonchev–Trinajstić information content (AvgIpc) is 2.77. The molecule has 2 aromatic carbocycles. The lowest BCUT2D eigenvalue weighted by atomic mass is 10.2. The molecule has 2 N–H and O–H groups in total. The fourth-order valence-corrected chi connectivity index (χ4v) is 2.58. The van der Waals surface area contributed by atoms with Crippen LogP contribution >= 0.6 is 23.2 Å². The van der Waals surface area contributed by atoms with Gasteiger partial charge in [0.25, 0.3) is 0 Å². The van der Waals surface area contributed by atoms with Crippen LogP contribution in [0, 0.1) is 6.92 Å². The summed E-state index contributed by atoms with van der Waals surface area (Å²) in [5.74, 6) is 0.915. The molecule has 0 amide bonds. The van der Waals surface area contributed by atoms with E-state index in [-0.39, 0.29) is 0 Å². The van der Waals surface area contributed by atoms with Crippen LogP contribution in [-0.2, 0) is 6.54 Å². The van der Waals surface area contributed by atoms with Crippen LogP contribution in [0.2, 0.25) is 10.0 Å². The number of anilines is 1. The molecule has 1 aromatic heterocycles. The number of hydrogen-bond acceptors (Lipinski definition) is 2. The van der Waals surface area contributed by atoms with Crippen molar-refractivity contribution in [3.8, 4) is 0 Å². The molecular weight excluding hydrogens is 293 g/mol. The first kappa shape index (κ1) is 13.3. The Bertz CT molecular complexity index is 765. The summed E-state index contributed by atoms with van der Waals surface area (Å²) in [7, 11) is 0. The summed E-state index contributed by atoms with van der Waals surface area (Å²) in [6, 6.07) is 11.6. The van der Waals surface area contributed by atoms with Crippen LogP contribution in [0.1, 0.15) is 11.4 Å². The van der Waals surface area contributed by atoms with Gasteiger partial charge in [-0.25, -0.2) is 4.98 Å². The fraction of sp³-hybridized carbons (Fsp3) is 0.133. The third-order valence-electron chi connectivity index (χ3n) is 3.10. The molecule has 0 saturated carbocycles. The Morgan fingerprint density at radius 2 is 2.00 bits per heavy atom. The van der Waals surface area contributed by atoms with Crippen molar-refractivity contribution in [2.75, 3.05) is 5.32 Å². The zero-order valence-electron chi connectivity index (χ0n) is 10.9. The van der Waals surface area contributed by atoms with Crippen molar-refractivity contribution in [3.63, 3.8) is 0 Å². The number of fused-ring (bicyclic) bond motifs is 1. The molecular formula is C15H13Cl2N3. The van der Waals surface area contributed by atoms with E-state index in [4.69, 9.17) is 23.2 Å². The second-order valence-electron chi connectivity index (χ2n) is 4.64. The van der Waals surface area contributed by atoms with Gasteiger partial charge in [-0.05, 0) is 42.8 Å². The van der Waals surface area contributed by atoms with Crippen molar-refractivity contribution < 1.29 is 0 Å². The number of hydrogen-bond donors (Lipinski definition) is 2. The SMILES string of the molecule is Cc1nc2ccc(NCc3ccc(Cl)cc3Cl)cc2[nH]1. The first-order valence-corrected chi connectivity index (χ1v) is 7.01. The molecule has 0 bridgehead atoms. The highest BCUT2D eigenvalue weighted by Gasteiger charge is 2.03.